The Labute approximate surface area is 112 Å². The van der Waals surface area contributed by atoms with E-state index in [4.69, 9.17) is 16.7 Å². The van der Waals surface area contributed by atoms with Crippen LogP contribution in [0.3, 0.4) is 0 Å². The molecule has 0 bridgehead atoms. The number of halogens is 1. The zero-order valence-electron chi connectivity index (χ0n) is 9.46. The predicted octanol–water partition coefficient (Wildman–Crippen LogP) is 2.37. The van der Waals surface area contributed by atoms with E-state index in [1.807, 2.05) is 6.07 Å². The largest absolute Gasteiger partial charge is 0.476 e. The first kappa shape index (κ1) is 11.6. The quantitative estimate of drug-likeness (QED) is 0.748. The molecule has 3 aromatic rings. The molecule has 19 heavy (non-hydrogen) atoms. The van der Waals surface area contributed by atoms with E-state index in [1.54, 1.807) is 24.4 Å². The molecule has 0 atom stereocenters. The minimum atomic E-state index is -1.14. The normalized spacial score (nSPS) is 10.8. The van der Waals surface area contributed by atoms with Crippen LogP contribution in [0.1, 0.15) is 10.5 Å². The minimum absolute atomic E-state index is 0.130. The van der Waals surface area contributed by atoms with Crippen LogP contribution in [0.15, 0.2) is 30.5 Å². The van der Waals surface area contributed by atoms with Crippen LogP contribution in [0.25, 0.3) is 22.2 Å². The first-order valence-corrected chi connectivity index (χ1v) is 5.72. The highest BCUT2D eigenvalue weighted by atomic mass is 35.5. The van der Waals surface area contributed by atoms with Crippen LogP contribution < -0.4 is 0 Å². The smallest absolute Gasteiger partial charge is 0.358 e. The van der Waals surface area contributed by atoms with Gasteiger partial charge in [-0.15, -0.1) is 5.10 Å². The Morgan fingerprint density at radius 3 is 2.89 bits per heavy atom. The molecule has 1 aromatic carbocycles. The molecule has 0 radical (unpaired) electrons. The Hall–Kier alpha value is -2.47. The molecule has 0 saturated carbocycles. The maximum Gasteiger partial charge on any atom is 0.358 e. The van der Waals surface area contributed by atoms with Crippen LogP contribution in [0.2, 0.25) is 5.02 Å². The molecule has 2 aromatic heterocycles. The summed E-state index contributed by atoms with van der Waals surface area (Å²) in [6.45, 7) is 0. The van der Waals surface area contributed by atoms with Gasteiger partial charge >= 0.3 is 5.97 Å². The van der Waals surface area contributed by atoms with Gasteiger partial charge in [-0.3, -0.25) is 4.98 Å². The van der Waals surface area contributed by atoms with Crippen LogP contribution in [0.5, 0.6) is 0 Å². The zero-order chi connectivity index (χ0) is 13.4. The molecule has 0 aliphatic carbocycles. The van der Waals surface area contributed by atoms with Gasteiger partial charge < -0.3 is 5.11 Å². The van der Waals surface area contributed by atoms with Gasteiger partial charge in [0, 0.05) is 22.2 Å². The molecule has 0 saturated heterocycles. The molecule has 0 amide bonds. The highest BCUT2D eigenvalue weighted by molar-refractivity contribution is 6.31. The molecular formula is C12H7ClN4O2. The van der Waals surface area contributed by atoms with Crippen molar-refractivity contribution in [3.05, 3.63) is 41.2 Å². The Kier molecular flexibility index (Phi) is 2.64. The Balaban J connectivity index is 2.18. The number of benzene rings is 1. The first-order chi connectivity index (χ1) is 9.15. The molecular weight excluding hydrogens is 268 g/mol. The van der Waals surface area contributed by atoms with E-state index in [1.165, 1.54) is 0 Å². The van der Waals surface area contributed by atoms with E-state index in [9.17, 15) is 4.79 Å². The number of hydrogen-bond acceptors (Lipinski definition) is 4. The van der Waals surface area contributed by atoms with Gasteiger partial charge in [0.1, 0.15) is 5.69 Å². The van der Waals surface area contributed by atoms with E-state index < -0.39 is 5.97 Å². The monoisotopic (exact) mass is 274 g/mol. The molecule has 3 rings (SSSR count). The van der Waals surface area contributed by atoms with E-state index in [0.717, 1.165) is 10.9 Å². The summed E-state index contributed by atoms with van der Waals surface area (Å²) in [5.41, 5.74) is 1.45. The standard InChI is InChI=1S/C12H7ClN4O2/c13-8-2-1-6-3-7(5-14-9(6)4-8)10-11(12(18)19)16-17-15-10/h1-5H,(H,18,19)(H,15,16,17). The summed E-state index contributed by atoms with van der Waals surface area (Å²) in [7, 11) is 0. The van der Waals surface area contributed by atoms with Crippen LogP contribution in [0.4, 0.5) is 0 Å². The molecule has 94 valence electrons. The predicted molar refractivity (Wildman–Crippen MR) is 69.1 cm³/mol. The van der Waals surface area contributed by atoms with Crippen molar-refractivity contribution in [1.29, 1.82) is 0 Å². The van der Waals surface area contributed by atoms with E-state index in [-0.39, 0.29) is 11.4 Å². The lowest BCUT2D eigenvalue weighted by Gasteiger charge is -2.01. The minimum Gasteiger partial charge on any atom is -0.476 e. The number of carboxylic acids is 1. The summed E-state index contributed by atoms with van der Waals surface area (Å²) in [6, 6.07) is 7.09. The van der Waals surface area contributed by atoms with Gasteiger partial charge in [0.05, 0.1) is 5.52 Å². The third kappa shape index (κ3) is 2.02. The van der Waals surface area contributed by atoms with Gasteiger partial charge in [0.15, 0.2) is 5.69 Å². The van der Waals surface area contributed by atoms with Crippen LogP contribution in [-0.4, -0.2) is 31.5 Å². The summed E-state index contributed by atoms with van der Waals surface area (Å²) < 4.78 is 0. The fraction of sp³-hybridized carbons (Fsp3) is 0. The Morgan fingerprint density at radius 2 is 2.11 bits per heavy atom. The van der Waals surface area contributed by atoms with Gasteiger partial charge in [0.2, 0.25) is 0 Å². The number of fused-ring (bicyclic) bond motifs is 1. The van der Waals surface area contributed by atoms with Crippen LogP contribution in [-0.2, 0) is 0 Å². The SMILES string of the molecule is O=C(O)c1n[nH]nc1-c1cnc2cc(Cl)ccc2c1. The number of nitrogens with zero attached hydrogens (tertiary/aromatic N) is 3. The average Bonchev–Trinajstić information content (AvgIpc) is 2.87. The Morgan fingerprint density at radius 1 is 1.26 bits per heavy atom. The fourth-order valence-corrected chi connectivity index (χ4v) is 1.97. The zero-order valence-corrected chi connectivity index (χ0v) is 10.2. The number of hydrogen-bond donors (Lipinski definition) is 2. The van der Waals surface area contributed by atoms with Crippen molar-refractivity contribution in [2.24, 2.45) is 0 Å². The third-order valence-electron chi connectivity index (χ3n) is 2.67. The number of carboxylic acid groups (broad SMARTS) is 1. The second-order valence-electron chi connectivity index (χ2n) is 3.89. The van der Waals surface area contributed by atoms with Crippen molar-refractivity contribution in [3.8, 4) is 11.3 Å². The highest BCUT2D eigenvalue weighted by Crippen LogP contribution is 2.24. The van der Waals surface area contributed by atoms with Crippen LogP contribution in [0, 0.1) is 0 Å². The summed E-state index contributed by atoms with van der Waals surface area (Å²) in [5, 5.41) is 20.2. The second-order valence-corrected chi connectivity index (χ2v) is 4.32. The number of rotatable bonds is 2. The molecule has 6 nitrogen and oxygen atoms in total. The topological polar surface area (TPSA) is 91.8 Å². The molecule has 0 unspecified atom stereocenters. The molecule has 0 aliphatic rings. The molecule has 2 N–H and O–H groups in total. The summed E-state index contributed by atoms with van der Waals surface area (Å²) in [4.78, 5) is 15.2. The van der Waals surface area contributed by atoms with Crippen molar-refractivity contribution >= 4 is 28.5 Å². The maximum absolute atomic E-state index is 11.0. The van der Waals surface area contributed by atoms with Gasteiger partial charge in [-0.05, 0) is 18.2 Å². The summed E-state index contributed by atoms with van der Waals surface area (Å²) in [5.74, 6) is -1.14. The number of aromatic amines is 1. The summed E-state index contributed by atoms with van der Waals surface area (Å²) >= 11 is 5.88. The van der Waals surface area contributed by atoms with Crippen molar-refractivity contribution in [2.75, 3.05) is 0 Å². The number of carbonyl (C=O) groups is 1. The maximum atomic E-state index is 11.0. The lowest BCUT2D eigenvalue weighted by Crippen LogP contribution is -1.99. The number of nitrogens with one attached hydrogen (secondary N) is 1. The summed E-state index contributed by atoms with van der Waals surface area (Å²) in [6.07, 6.45) is 1.54. The van der Waals surface area contributed by atoms with Crippen molar-refractivity contribution in [3.63, 3.8) is 0 Å². The van der Waals surface area contributed by atoms with Crippen molar-refractivity contribution < 1.29 is 9.90 Å². The molecule has 7 heteroatoms. The number of H-pyrrole nitrogens is 1. The third-order valence-corrected chi connectivity index (χ3v) is 2.91. The second kappa shape index (κ2) is 4.33. The van der Waals surface area contributed by atoms with Gasteiger partial charge in [-0.2, -0.15) is 10.3 Å². The van der Waals surface area contributed by atoms with Gasteiger partial charge in [0.25, 0.3) is 0 Å². The average molecular weight is 275 g/mol. The van der Waals surface area contributed by atoms with E-state index >= 15 is 0 Å². The van der Waals surface area contributed by atoms with Crippen molar-refractivity contribution in [1.82, 2.24) is 20.4 Å². The first-order valence-electron chi connectivity index (χ1n) is 5.35. The Bertz CT molecular complexity index is 784. The molecule has 0 spiro atoms. The highest BCUT2D eigenvalue weighted by Gasteiger charge is 2.17. The van der Waals surface area contributed by atoms with E-state index in [0.29, 0.717) is 10.6 Å². The van der Waals surface area contributed by atoms with Crippen LogP contribution >= 0.6 is 11.6 Å². The molecule has 0 fully saturated rings. The lowest BCUT2D eigenvalue weighted by molar-refractivity contribution is 0.0691. The van der Waals surface area contributed by atoms with E-state index in [2.05, 4.69) is 20.4 Å². The number of aromatic carboxylic acids is 1. The molecule has 2 heterocycles. The molecule has 0 aliphatic heterocycles. The number of pyridine rings is 1. The lowest BCUT2D eigenvalue weighted by atomic mass is 10.1. The fourth-order valence-electron chi connectivity index (χ4n) is 1.81. The van der Waals surface area contributed by atoms with Crippen molar-refractivity contribution in [2.45, 2.75) is 0 Å². The van der Waals surface area contributed by atoms with Gasteiger partial charge in [-0.25, -0.2) is 4.79 Å². The number of aromatic nitrogens is 4. The van der Waals surface area contributed by atoms with Gasteiger partial charge in [-0.1, -0.05) is 17.7 Å².